The van der Waals surface area contributed by atoms with Gasteiger partial charge < -0.3 is 21.7 Å². The monoisotopic (exact) mass is 339 g/mol. The molecule has 1 heterocycles. The number of hydrogen-bond acceptors (Lipinski definition) is 4. The van der Waals surface area contributed by atoms with Crippen molar-refractivity contribution in [1.82, 2.24) is 15.6 Å². The second kappa shape index (κ2) is 7.21. The predicted molar refractivity (Wildman–Crippen MR) is 96.2 cm³/mol. The Morgan fingerprint density at radius 1 is 1.24 bits per heavy atom. The molecular formula is C18H21N5O2. The predicted octanol–water partition coefficient (Wildman–Crippen LogP) is 2.19. The number of anilines is 2. The van der Waals surface area contributed by atoms with Crippen LogP contribution >= 0.6 is 0 Å². The summed E-state index contributed by atoms with van der Waals surface area (Å²) in [5, 5.41) is 8.47. The molecule has 1 aromatic carbocycles. The van der Waals surface area contributed by atoms with E-state index in [2.05, 4.69) is 20.9 Å². The fraction of sp³-hybridized carbons (Fsp3) is 0.278. The molecule has 0 radical (unpaired) electrons. The Labute approximate surface area is 146 Å². The minimum Gasteiger partial charge on any atom is -0.384 e. The topological polar surface area (TPSA) is 109 Å². The van der Waals surface area contributed by atoms with E-state index in [0.29, 0.717) is 29.7 Å². The van der Waals surface area contributed by atoms with E-state index in [0.717, 1.165) is 24.0 Å². The Bertz CT molecular complexity index is 785. The third-order valence-corrected chi connectivity index (χ3v) is 3.96. The van der Waals surface area contributed by atoms with E-state index in [9.17, 15) is 9.59 Å². The van der Waals surface area contributed by atoms with Gasteiger partial charge in [-0.15, -0.1) is 0 Å². The van der Waals surface area contributed by atoms with Gasteiger partial charge in [0.2, 0.25) is 0 Å². The van der Waals surface area contributed by atoms with Crippen LogP contribution in [0, 0.1) is 6.92 Å². The Morgan fingerprint density at radius 2 is 2.04 bits per heavy atom. The van der Waals surface area contributed by atoms with Crippen LogP contribution in [0.15, 0.2) is 36.5 Å². The average molecular weight is 339 g/mol. The van der Waals surface area contributed by atoms with Crippen molar-refractivity contribution in [2.24, 2.45) is 0 Å². The maximum atomic E-state index is 12.1. The summed E-state index contributed by atoms with van der Waals surface area (Å²) in [5.74, 6) is 0.323. The number of benzene rings is 1. The second-order valence-corrected chi connectivity index (χ2v) is 6.18. The molecule has 7 heteroatoms. The molecule has 1 aliphatic carbocycles. The smallest absolute Gasteiger partial charge is 0.319 e. The summed E-state index contributed by atoms with van der Waals surface area (Å²) in [5.41, 5.74) is 8.40. The highest BCUT2D eigenvalue weighted by Crippen LogP contribution is 2.21. The molecule has 3 rings (SSSR count). The van der Waals surface area contributed by atoms with E-state index in [4.69, 9.17) is 5.73 Å². The van der Waals surface area contributed by atoms with Gasteiger partial charge in [0.25, 0.3) is 5.91 Å². The number of amides is 3. The normalized spacial score (nSPS) is 13.2. The van der Waals surface area contributed by atoms with Crippen LogP contribution in [0.4, 0.5) is 16.3 Å². The van der Waals surface area contributed by atoms with E-state index in [-0.39, 0.29) is 11.9 Å². The lowest BCUT2D eigenvalue weighted by molar-refractivity contribution is 0.0951. The standard InChI is InChI=1S/C18H21N5O2/c1-11-2-4-13(17(24)22-14-5-6-14)8-15(11)23-18(25)21-10-12-3-7-16(19)20-9-12/h2-4,7-9,14H,5-6,10H2,1H3,(H2,19,20)(H,22,24)(H2,21,23,25). The van der Waals surface area contributed by atoms with Crippen LogP contribution in [0.2, 0.25) is 0 Å². The van der Waals surface area contributed by atoms with Crippen molar-refractivity contribution in [3.63, 3.8) is 0 Å². The maximum absolute atomic E-state index is 12.1. The van der Waals surface area contributed by atoms with E-state index < -0.39 is 0 Å². The van der Waals surface area contributed by atoms with Crippen LogP contribution in [0.25, 0.3) is 0 Å². The molecule has 25 heavy (non-hydrogen) atoms. The van der Waals surface area contributed by atoms with Gasteiger partial charge in [0.1, 0.15) is 5.82 Å². The molecule has 1 aromatic heterocycles. The molecule has 7 nitrogen and oxygen atoms in total. The summed E-state index contributed by atoms with van der Waals surface area (Å²) in [4.78, 5) is 28.2. The largest absolute Gasteiger partial charge is 0.384 e. The lowest BCUT2D eigenvalue weighted by Crippen LogP contribution is -2.29. The first-order valence-corrected chi connectivity index (χ1v) is 8.18. The number of carbonyl (C=O) groups excluding carboxylic acids is 2. The fourth-order valence-corrected chi connectivity index (χ4v) is 2.28. The van der Waals surface area contributed by atoms with Crippen LogP contribution in [0.3, 0.4) is 0 Å². The number of nitrogens with one attached hydrogen (secondary N) is 3. The van der Waals surface area contributed by atoms with Crippen molar-refractivity contribution in [3.8, 4) is 0 Å². The van der Waals surface area contributed by atoms with Gasteiger partial charge in [0, 0.05) is 30.0 Å². The molecule has 1 saturated carbocycles. The number of aryl methyl sites for hydroxylation is 1. The summed E-state index contributed by atoms with van der Waals surface area (Å²) in [6.07, 6.45) is 3.68. The number of urea groups is 1. The van der Waals surface area contributed by atoms with E-state index >= 15 is 0 Å². The Hall–Kier alpha value is -3.09. The number of pyridine rings is 1. The molecule has 0 spiro atoms. The molecule has 0 aliphatic heterocycles. The molecule has 0 unspecified atom stereocenters. The van der Waals surface area contributed by atoms with Crippen molar-refractivity contribution < 1.29 is 9.59 Å². The van der Waals surface area contributed by atoms with Crippen LogP contribution in [0.5, 0.6) is 0 Å². The van der Waals surface area contributed by atoms with Gasteiger partial charge in [-0.1, -0.05) is 12.1 Å². The molecule has 1 fully saturated rings. The summed E-state index contributed by atoms with van der Waals surface area (Å²) in [6, 6.07) is 8.70. The first kappa shape index (κ1) is 16.8. The van der Waals surface area contributed by atoms with Gasteiger partial charge in [-0.3, -0.25) is 4.79 Å². The highest BCUT2D eigenvalue weighted by molar-refractivity contribution is 5.97. The molecule has 0 atom stereocenters. The van der Waals surface area contributed by atoms with Crippen LogP contribution < -0.4 is 21.7 Å². The van der Waals surface area contributed by atoms with Gasteiger partial charge in [0.15, 0.2) is 0 Å². The molecular weight excluding hydrogens is 318 g/mol. The van der Waals surface area contributed by atoms with Crippen molar-refractivity contribution in [2.75, 3.05) is 11.1 Å². The lowest BCUT2D eigenvalue weighted by Gasteiger charge is -2.12. The maximum Gasteiger partial charge on any atom is 0.319 e. The molecule has 1 aliphatic rings. The first-order chi connectivity index (χ1) is 12.0. The van der Waals surface area contributed by atoms with E-state index in [1.54, 1.807) is 30.5 Å². The molecule has 0 bridgehead atoms. The number of nitrogens with zero attached hydrogens (tertiary/aromatic N) is 1. The number of hydrogen-bond donors (Lipinski definition) is 4. The molecule has 130 valence electrons. The summed E-state index contributed by atoms with van der Waals surface area (Å²) in [7, 11) is 0. The minimum absolute atomic E-state index is 0.112. The Balaban J connectivity index is 1.59. The minimum atomic E-state index is -0.348. The third-order valence-electron chi connectivity index (χ3n) is 3.96. The zero-order chi connectivity index (χ0) is 17.8. The van der Waals surface area contributed by atoms with Crippen molar-refractivity contribution in [2.45, 2.75) is 32.4 Å². The number of nitrogen functional groups attached to an aromatic ring is 1. The third kappa shape index (κ3) is 4.69. The molecule has 2 aromatic rings. The first-order valence-electron chi connectivity index (χ1n) is 8.18. The average Bonchev–Trinajstić information content (AvgIpc) is 3.40. The van der Waals surface area contributed by atoms with Gasteiger partial charge in [-0.05, 0) is 49.1 Å². The van der Waals surface area contributed by atoms with E-state index in [1.807, 2.05) is 13.0 Å². The number of carbonyl (C=O) groups is 2. The van der Waals surface area contributed by atoms with Crippen LogP contribution in [-0.2, 0) is 6.54 Å². The van der Waals surface area contributed by atoms with Crippen molar-refractivity contribution in [1.29, 1.82) is 0 Å². The number of rotatable bonds is 5. The number of nitrogens with two attached hydrogens (primary N) is 1. The summed E-state index contributed by atoms with van der Waals surface area (Å²) in [6.45, 7) is 2.21. The van der Waals surface area contributed by atoms with Crippen molar-refractivity contribution in [3.05, 3.63) is 53.2 Å². The Morgan fingerprint density at radius 3 is 2.72 bits per heavy atom. The van der Waals surface area contributed by atoms with Crippen LogP contribution in [0.1, 0.15) is 34.3 Å². The van der Waals surface area contributed by atoms with Crippen LogP contribution in [-0.4, -0.2) is 23.0 Å². The Kier molecular flexibility index (Phi) is 4.83. The van der Waals surface area contributed by atoms with Gasteiger partial charge in [0.05, 0.1) is 0 Å². The zero-order valence-corrected chi connectivity index (χ0v) is 14.0. The zero-order valence-electron chi connectivity index (χ0n) is 14.0. The van der Waals surface area contributed by atoms with Gasteiger partial charge in [-0.2, -0.15) is 0 Å². The van der Waals surface area contributed by atoms with E-state index in [1.165, 1.54) is 0 Å². The SMILES string of the molecule is Cc1ccc(C(=O)NC2CC2)cc1NC(=O)NCc1ccc(N)nc1. The highest BCUT2D eigenvalue weighted by Gasteiger charge is 2.24. The fourth-order valence-electron chi connectivity index (χ4n) is 2.28. The summed E-state index contributed by atoms with van der Waals surface area (Å²) >= 11 is 0. The van der Waals surface area contributed by atoms with Gasteiger partial charge >= 0.3 is 6.03 Å². The molecule has 0 saturated heterocycles. The molecule has 5 N–H and O–H groups in total. The summed E-state index contributed by atoms with van der Waals surface area (Å²) < 4.78 is 0. The molecule has 3 amide bonds. The second-order valence-electron chi connectivity index (χ2n) is 6.18. The van der Waals surface area contributed by atoms with Crippen molar-refractivity contribution >= 4 is 23.4 Å². The lowest BCUT2D eigenvalue weighted by atomic mass is 10.1. The quantitative estimate of drug-likeness (QED) is 0.669. The highest BCUT2D eigenvalue weighted by atomic mass is 16.2. The number of aromatic nitrogens is 1. The van der Waals surface area contributed by atoms with Gasteiger partial charge in [-0.25, -0.2) is 9.78 Å².